The third-order valence-electron chi connectivity index (χ3n) is 7.09. The maximum absolute atomic E-state index is 13.3. The van der Waals surface area contributed by atoms with E-state index < -0.39 is 21.8 Å². The van der Waals surface area contributed by atoms with Gasteiger partial charge in [0.1, 0.15) is 0 Å². The predicted molar refractivity (Wildman–Crippen MR) is 127 cm³/mol. The number of alkyl halides is 3. The fourth-order valence-electron chi connectivity index (χ4n) is 4.84. The van der Waals surface area contributed by atoms with Crippen LogP contribution < -0.4 is 4.90 Å². The van der Waals surface area contributed by atoms with Crippen molar-refractivity contribution in [1.29, 1.82) is 0 Å². The van der Waals surface area contributed by atoms with Gasteiger partial charge in [-0.2, -0.15) is 17.5 Å². The Kier molecular flexibility index (Phi) is 7.47. The summed E-state index contributed by atoms with van der Waals surface area (Å²) in [6.07, 6.45) is -2.25. The molecule has 1 N–H and O–H groups in total. The molecule has 2 heterocycles. The number of benzene rings is 2. The Morgan fingerprint density at radius 1 is 1.00 bits per heavy atom. The molecule has 2 aromatic rings. The lowest BCUT2D eigenvalue weighted by molar-refractivity contribution is -0.258. The number of nitrogens with zero attached hydrogens (tertiary/aromatic N) is 2. The van der Waals surface area contributed by atoms with E-state index in [-0.39, 0.29) is 29.6 Å². The summed E-state index contributed by atoms with van der Waals surface area (Å²) >= 11 is 0. The Bertz CT molecular complexity index is 1090. The summed E-state index contributed by atoms with van der Waals surface area (Å²) in [5.74, 6) is 0.376. The average Bonchev–Trinajstić information content (AvgIpc) is 2.84. The molecule has 0 aromatic heterocycles. The summed E-state index contributed by atoms with van der Waals surface area (Å²) in [7, 11) is -3.66. The molecule has 0 saturated carbocycles. The standard InChI is InChI=1S/C25H31F3N2O4S/c1-24(31,25(26,27)28)20-7-9-21(10-8-20)30-14-13-29(35(32,33)23-5-3-2-4-6-23)18-22(30)17-19-11-15-34-16-12-19/h2-10,19,22,31H,11-18H2,1H3/t22-,24-/m0/s1. The Hall–Kier alpha value is -2.14. The van der Waals surface area contributed by atoms with Crippen LogP contribution in [0.1, 0.15) is 31.7 Å². The predicted octanol–water partition coefficient (Wildman–Crippen LogP) is 4.15. The molecule has 2 atom stereocenters. The minimum Gasteiger partial charge on any atom is -0.381 e. The molecule has 0 amide bonds. The summed E-state index contributed by atoms with van der Waals surface area (Å²) in [4.78, 5) is 2.33. The van der Waals surface area contributed by atoms with Gasteiger partial charge in [-0.1, -0.05) is 30.3 Å². The van der Waals surface area contributed by atoms with E-state index in [1.54, 1.807) is 42.5 Å². The van der Waals surface area contributed by atoms with Crippen LogP contribution in [-0.4, -0.2) is 62.9 Å². The van der Waals surface area contributed by atoms with Gasteiger partial charge in [0.25, 0.3) is 0 Å². The fraction of sp³-hybridized carbons (Fsp3) is 0.520. The molecule has 2 aliphatic heterocycles. The molecule has 0 aliphatic carbocycles. The van der Waals surface area contributed by atoms with Gasteiger partial charge in [-0.05, 0) is 61.9 Å². The number of ether oxygens (including phenoxy) is 1. The van der Waals surface area contributed by atoms with Crippen molar-refractivity contribution in [2.75, 3.05) is 37.7 Å². The van der Waals surface area contributed by atoms with Crippen molar-refractivity contribution in [3.05, 3.63) is 60.2 Å². The third kappa shape index (κ3) is 5.50. The van der Waals surface area contributed by atoms with Crippen LogP contribution in [0.25, 0.3) is 0 Å². The van der Waals surface area contributed by atoms with Gasteiger partial charge in [0, 0.05) is 44.6 Å². The number of halogens is 3. The zero-order chi connectivity index (χ0) is 25.3. The second-order valence-corrected chi connectivity index (χ2v) is 11.4. The average molecular weight is 513 g/mol. The Labute approximate surface area is 204 Å². The zero-order valence-corrected chi connectivity index (χ0v) is 20.4. The first-order chi connectivity index (χ1) is 16.5. The third-order valence-corrected chi connectivity index (χ3v) is 8.97. The van der Waals surface area contributed by atoms with Crippen molar-refractivity contribution in [2.45, 2.75) is 48.9 Å². The van der Waals surface area contributed by atoms with Gasteiger partial charge in [-0.15, -0.1) is 0 Å². The first kappa shape index (κ1) is 25.9. The molecular weight excluding hydrogens is 481 g/mol. The van der Waals surface area contributed by atoms with Crippen LogP contribution in [0.4, 0.5) is 18.9 Å². The van der Waals surface area contributed by atoms with Gasteiger partial charge in [0.05, 0.1) is 4.90 Å². The van der Waals surface area contributed by atoms with E-state index in [2.05, 4.69) is 4.90 Å². The monoisotopic (exact) mass is 512 g/mol. The molecule has 2 aromatic carbocycles. The largest absolute Gasteiger partial charge is 0.421 e. The Balaban J connectivity index is 1.59. The number of piperazine rings is 1. The summed E-state index contributed by atoms with van der Waals surface area (Å²) in [5, 5.41) is 10.0. The number of hydrogen-bond donors (Lipinski definition) is 1. The van der Waals surface area contributed by atoms with Crippen molar-refractivity contribution >= 4 is 15.7 Å². The van der Waals surface area contributed by atoms with Crippen molar-refractivity contribution < 1.29 is 31.4 Å². The van der Waals surface area contributed by atoms with Crippen molar-refractivity contribution in [3.8, 4) is 0 Å². The van der Waals surface area contributed by atoms with Gasteiger partial charge in [-0.25, -0.2) is 8.42 Å². The number of rotatable bonds is 6. The fourth-order valence-corrected chi connectivity index (χ4v) is 6.33. The number of sulfonamides is 1. The van der Waals surface area contributed by atoms with Crippen LogP contribution >= 0.6 is 0 Å². The van der Waals surface area contributed by atoms with E-state index in [1.165, 1.54) is 16.4 Å². The van der Waals surface area contributed by atoms with Crippen LogP contribution in [0.15, 0.2) is 59.5 Å². The van der Waals surface area contributed by atoms with E-state index in [1.807, 2.05) is 0 Å². The molecule has 6 nitrogen and oxygen atoms in total. The molecule has 2 aliphatic rings. The number of anilines is 1. The van der Waals surface area contributed by atoms with Crippen LogP contribution in [0.2, 0.25) is 0 Å². The minimum atomic E-state index is -4.79. The molecule has 2 saturated heterocycles. The van der Waals surface area contributed by atoms with E-state index >= 15 is 0 Å². The van der Waals surface area contributed by atoms with E-state index in [0.717, 1.165) is 26.2 Å². The molecule has 0 bridgehead atoms. The molecule has 0 unspecified atom stereocenters. The summed E-state index contributed by atoms with van der Waals surface area (Å²) in [6.45, 7) is 3.05. The minimum absolute atomic E-state index is 0.140. The SMILES string of the molecule is C[C@](O)(c1ccc(N2CCN(S(=O)(=O)c3ccccc3)C[C@@H]2CC2CCOCC2)cc1)C(F)(F)F. The molecule has 35 heavy (non-hydrogen) atoms. The highest BCUT2D eigenvalue weighted by Crippen LogP contribution is 2.39. The van der Waals surface area contributed by atoms with Gasteiger partial charge in [0.2, 0.25) is 10.0 Å². The maximum Gasteiger partial charge on any atom is 0.421 e. The first-order valence-electron chi connectivity index (χ1n) is 11.8. The van der Waals surface area contributed by atoms with E-state index in [9.17, 15) is 26.7 Å². The molecule has 4 rings (SSSR count). The normalized spacial score (nSPS) is 22.7. The van der Waals surface area contributed by atoms with Gasteiger partial charge < -0.3 is 14.7 Å². The van der Waals surface area contributed by atoms with Gasteiger partial charge in [-0.3, -0.25) is 0 Å². The molecule has 10 heteroatoms. The maximum atomic E-state index is 13.3. The first-order valence-corrected chi connectivity index (χ1v) is 13.2. The van der Waals surface area contributed by atoms with E-state index in [0.29, 0.717) is 31.4 Å². The van der Waals surface area contributed by atoms with Crippen molar-refractivity contribution in [3.63, 3.8) is 0 Å². The second kappa shape index (κ2) is 10.1. The van der Waals surface area contributed by atoms with Crippen molar-refractivity contribution in [1.82, 2.24) is 4.31 Å². The summed E-state index contributed by atoms with van der Waals surface area (Å²) < 4.78 is 73.3. The van der Waals surface area contributed by atoms with Crippen LogP contribution in [0.5, 0.6) is 0 Å². The topological polar surface area (TPSA) is 70.1 Å². The second-order valence-electron chi connectivity index (χ2n) is 9.43. The highest BCUT2D eigenvalue weighted by molar-refractivity contribution is 7.89. The molecule has 192 valence electrons. The Morgan fingerprint density at radius 3 is 2.23 bits per heavy atom. The van der Waals surface area contributed by atoms with Crippen molar-refractivity contribution in [2.24, 2.45) is 5.92 Å². The summed E-state index contributed by atoms with van der Waals surface area (Å²) in [5.41, 5.74) is -2.48. The zero-order valence-electron chi connectivity index (χ0n) is 19.6. The quantitative estimate of drug-likeness (QED) is 0.630. The van der Waals surface area contributed by atoms with Gasteiger partial charge in [0.15, 0.2) is 5.60 Å². The van der Waals surface area contributed by atoms with E-state index in [4.69, 9.17) is 4.74 Å². The molecule has 0 radical (unpaired) electrons. The molecule has 0 spiro atoms. The number of hydrogen-bond acceptors (Lipinski definition) is 5. The summed E-state index contributed by atoms with van der Waals surface area (Å²) in [6, 6.07) is 13.9. The lowest BCUT2D eigenvalue weighted by Gasteiger charge is -2.44. The van der Waals surface area contributed by atoms with Gasteiger partial charge >= 0.3 is 6.18 Å². The highest BCUT2D eigenvalue weighted by atomic mass is 32.2. The lowest BCUT2D eigenvalue weighted by Crippen LogP contribution is -2.55. The highest BCUT2D eigenvalue weighted by Gasteiger charge is 2.51. The number of aliphatic hydroxyl groups is 1. The van der Waals surface area contributed by atoms with Crippen LogP contribution in [-0.2, 0) is 20.4 Å². The van der Waals surface area contributed by atoms with Crippen LogP contribution in [0, 0.1) is 5.92 Å². The molecular formula is C25H31F3N2O4S. The molecule has 2 fully saturated rings. The smallest absolute Gasteiger partial charge is 0.381 e. The van der Waals surface area contributed by atoms with Crippen LogP contribution in [0.3, 0.4) is 0 Å². The lowest BCUT2D eigenvalue weighted by atomic mass is 9.90. The Morgan fingerprint density at radius 2 is 1.63 bits per heavy atom.